The molecule has 3 nitrogen and oxygen atoms in total. The topological polar surface area (TPSA) is 44.1 Å². The van der Waals surface area contributed by atoms with Gasteiger partial charge in [-0.15, -0.1) is 0 Å². The van der Waals surface area contributed by atoms with Gasteiger partial charge in [-0.2, -0.15) is 5.26 Å². The van der Waals surface area contributed by atoms with E-state index in [0.29, 0.717) is 40.3 Å². The molecule has 0 radical (unpaired) electrons. The molecule has 0 aromatic heterocycles. The van der Waals surface area contributed by atoms with E-state index in [9.17, 15) is 13.6 Å². The minimum Gasteiger partial charge on any atom is -0.342 e. The van der Waals surface area contributed by atoms with E-state index in [0.717, 1.165) is 43.6 Å². The fraction of sp³-hybridized carbons (Fsp3) is 0.481. The fourth-order valence-corrected chi connectivity index (χ4v) is 3.81. The summed E-state index contributed by atoms with van der Waals surface area (Å²) in [7, 11) is 0. The van der Waals surface area contributed by atoms with E-state index in [1.165, 1.54) is 12.5 Å². The van der Waals surface area contributed by atoms with Gasteiger partial charge in [0, 0.05) is 19.5 Å². The molecule has 2 aromatic rings. The Morgan fingerprint density at radius 3 is 2.39 bits per heavy atom. The maximum absolute atomic E-state index is 12.6. The van der Waals surface area contributed by atoms with Gasteiger partial charge in [0.25, 0.3) is 0 Å². The van der Waals surface area contributed by atoms with Crippen LogP contribution in [0, 0.1) is 41.7 Å². The molecule has 1 fully saturated rings. The van der Waals surface area contributed by atoms with Gasteiger partial charge in [-0.05, 0) is 73.1 Å². The third-order valence-corrected chi connectivity index (χ3v) is 6.13. The van der Waals surface area contributed by atoms with E-state index in [-0.39, 0.29) is 11.6 Å². The maximum Gasteiger partial charge on any atom is 0.222 e. The molecule has 1 amide bonds. The van der Waals surface area contributed by atoms with Crippen LogP contribution in [0.3, 0.4) is 0 Å². The van der Waals surface area contributed by atoms with Crippen molar-refractivity contribution >= 4 is 17.5 Å². The van der Waals surface area contributed by atoms with E-state index in [2.05, 4.69) is 20.8 Å². The summed E-state index contributed by atoms with van der Waals surface area (Å²) in [4.78, 5) is 13.5. The minimum atomic E-state index is -0.377. The Hall–Kier alpha value is -2.45. The van der Waals surface area contributed by atoms with Crippen LogP contribution in [-0.2, 0) is 11.2 Å². The number of benzene rings is 2. The van der Waals surface area contributed by atoms with Crippen LogP contribution in [0.2, 0.25) is 5.02 Å². The number of amides is 1. The van der Waals surface area contributed by atoms with Crippen molar-refractivity contribution in [1.29, 1.82) is 5.26 Å². The Kier molecular flexibility index (Phi) is 12.7. The molecule has 1 aliphatic rings. The summed E-state index contributed by atoms with van der Waals surface area (Å²) < 4.78 is 25.0. The Labute approximate surface area is 202 Å². The first-order valence-corrected chi connectivity index (χ1v) is 11.9. The van der Waals surface area contributed by atoms with Crippen molar-refractivity contribution in [2.45, 2.75) is 60.3 Å². The summed E-state index contributed by atoms with van der Waals surface area (Å²) in [5, 5.41) is 9.00. The molecule has 180 valence electrons. The van der Waals surface area contributed by atoms with Crippen molar-refractivity contribution in [3.63, 3.8) is 0 Å². The summed E-state index contributed by atoms with van der Waals surface area (Å²) in [5.41, 5.74) is 2.04. The van der Waals surface area contributed by atoms with Crippen molar-refractivity contribution < 1.29 is 13.6 Å². The van der Waals surface area contributed by atoms with Crippen LogP contribution in [0.5, 0.6) is 0 Å². The Bertz CT molecular complexity index is 933. The quantitative estimate of drug-likeness (QED) is 0.453. The highest BCUT2D eigenvalue weighted by molar-refractivity contribution is 6.31. The molecule has 0 bridgehead atoms. The van der Waals surface area contributed by atoms with E-state index in [1.807, 2.05) is 24.0 Å². The molecule has 1 aliphatic heterocycles. The molecule has 0 spiro atoms. The van der Waals surface area contributed by atoms with Gasteiger partial charge >= 0.3 is 0 Å². The number of aryl methyl sites for hydroxylation is 2. The highest BCUT2D eigenvalue weighted by Gasteiger charge is 2.31. The molecule has 2 aromatic carbocycles. The summed E-state index contributed by atoms with van der Waals surface area (Å²) in [5.74, 6) is 0.976. The second-order valence-electron chi connectivity index (χ2n) is 8.37. The molecule has 1 saturated heterocycles. The smallest absolute Gasteiger partial charge is 0.222 e. The lowest BCUT2D eigenvalue weighted by atomic mass is 9.91. The average Bonchev–Trinajstić information content (AvgIpc) is 3.16. The summed E-state index contributed by atoms with van der Waals surface area (Å²) in [6.07, 6.45) is 3.59. The lowest BCUT2D eigenvalue weighted by Gasteiger charge is -2.18. The number of rotatable bonds is 5. The van der Waals surface area contributed by atoms with Gasteiger partial charge < -0.3 is 4.90 Å². The van der Waals surface area contributed by atoms with Gasteiger partial charge in [0.1, 0.15) is 17.7 Å². The Morgan fingerprint density at radius 2 is 1.88 bits per heavy atom. The van der Waals surface area contributed by atoms with Gasteiger partial charge in [0.15, 0.2) is 0 Å². The number of carbonyl (C=O) groups excluding carboxylic acids is 1. The fourth-order valence-electron chi connectivity index (χ4n) is 3.53. The van der Waals surface area contributed by atoms with Gasteiger partial charge in [0.05, 0.1) is 10.6 Å². The monoisotopic (exact) mass is 476 g/mol. The lowest BCUT2D eigenvalue weighted by Crippen LogP contribution is -2.26. The summed E-state index contributed by atoms with van der Waals surface area (Å²) in [6, 6.07) is 10.8. The number of likely N-dealkylation sites (tertiary alicyclic amines) is 1. The molecular weight excluding hydrogens is 442 g/mol. The number of hydrogen-bond acceptors (Lipinski definition) is 2. The zero-order chi connectivity index (χ0) is 25.0. The maximum atomic E-state index is 12.6. The Morgan fingerprint density at radius 1 is 1.18 bits per heavy atom. The van der Waals surface area contributed by atoms with Crippen LogP contribution < -0.4 is 0 Å². The summed E-state index contributed by atoms with van der Waals surface area (Å²) in [6.45, 7) is 12.3. The standard InChI is InChI=1S/C11H21NO.C8H6ClN.C8H8F2/c1-4-6-12-8-10(7-11(12)13)9(3)5-2;1-6-2-3-7(5-10)8(9)4-6;1-2-6-5-7(9)3-4-8(6)10/h9-10H,4-8H2,1-3H3;2-4H,1H3;3-5H,2H2,1H3. The predicted molar refractivity (Wildman–Crippen MR) is 131 cm³/mol. The van der Waals surface area contributed by atoms with E-state index < -0.39 is 0 Å². The van der Waals surface area contributed by atoms with Crippen LogP contribution in [-0.4, -0.2) is 23.9 Å². The van der Waals surface area contributed by atoms with Crippen LogP contribution in [0.15, 0.2) is 36.4 Å². The second-order valence-corrected chi connectivity index (χ2v) is 8.78. The highest BCUT2D eigenvalue weighted by atomic mass is 35.5. The molecule has 2 unspecified atom stereocenters. The van der Waals surface area contributed by atoms with E-state index >= 15 is 0 Å². The average molecular weight is 477 g/mol. The minimum absolute atomic E-state index is 0.330. The number of hydrogen-bond donors (Lipinski definition) is 0. The van der Waals surface area contributed by atoms with Crippen molar-refractivity contribution in [3.05, 3.63) is 69.7 Å². The summed E-state index contributed by atoms with van der Waals surface area (Å²) >= 11 is 5.71. The third kappa shape index (κ3) is 9.52. The zero-order valence-electron chi connectivity index (χ0n) is 20.3. The van der Waals surface area contributed by atoms with Crippen LogP contribution in [0.25, 0.3) is 0 Å². The van der Waals surface area contributed by atoms with Crippen LogP contribution in [0.1, 0.15) is 63.6 Å². The zero-order valence-corrected chi connectivity index (χ0v) is 21.1. The molecule has 1 heterocycles. The number of nitriles is 1. The van der Waals surface area contributed by atoms with Gasteiger partial charge in [0.2, 0.25) is 5.91 Å². The van der Waals surface area contributed by atoms with E-state index in [4.69, 9.17) is 16.9 Å². The highest BCUT2D eigenvalue weighted by Crippen LogP contribution is 2.26. The van der Waals surface area contributed by atoms with Crippen molar-refractivity contribution in [3.8, 4) is 6.07 Å². The van der Waals surface area contributed by atoms with Crippen molar-refractivity contribution in [2.24, 2.45) is 11.8 Å². The van der Waals surface area contributed by atoms with Crippen LogP contribution >= 0.6 is 11.6 Å². The Balaban J connectivity index is 0.000000251. The molecule has 3 rings (SSSR count). The third-order valence-electron chi connectivity index (χ3n) is 5.82. The van der Waals surface area contributed by atoms with Gasteiger partial charge in [-0.3, -0.25) is 4.79 Å². The number of carbonyl (C=O) groups is 1. The van der Waals surface area contributed by atoms with Gasteiger partial charge in [-0.1, -0.05) is 51.8 Å². The first-order valence-electron chi connectivity index (χ1n) is 11.5. The number of halogens is 3. The first kappa shape index (κ1) is 28.6. The molecule has 0 aliphatic carbocycles. The molecule has 2 atom stereocenters. The van der Waals surface area contributed by atoms with Crippen molar-refractivity contribution in [1.82, 2.24) is 4.90 Å². The molecule has 0 N–H and O–H groups in total. The van der Waals surface area contributed by atoms with Crippen molar-refractivity contribution in [2.75, 3.05) is 13.1 Å². The first-order chi connectivity index (χ1) is 15.7. The predicted octanol–water partition coefficient (Wildman–Crippen LogP) is 7.34. The molecule has 33 heavy (non-hydrogen) atoms. The molecule has 0 saturated carbocycles. The second kappa shape index (κ2) is 14.6. The normalized spacial score (nSPS) is 15.7. The number of nitrogens with zero attached hydrogens (tertiary/aromatic N) is 2. The van der Waals surface area contributed by atoms with E-state index in [1.54, 1.807) is 19.1 Å². The van der Waals surface area contributed by atoms with Crippen LogP contribution in [0.4, 0.5) is 8.78 Å². The molecule has 6 heteroatoms. The largest absolute Gasteiger partial charge is 0.342 e. The SMILES string of the molecule is CCCN1CC(C(C)CC)CC1=O.CCc1cc(F)ccc1F.Cc1ccc(C#N)c(Cl)c1. The lowest BCUT2D eigenvalue weighted by molar-refractivity contribution is -0.127. The van der Waals surface area contributed by atoms with Gasteiger partial charge in [-0.25, -0.2) is 8.78 Å². The molecular formula is C27H35ClF2N2O.